The van der Waals surface area contributed by atoms with Gasteiger partial charge in [0.15, 0.2) is 0 Å². The fraction of sp³-hybridized carbons (Fsp3) is 0.300. The molecule has 1 aliphatic rings. The van der Waals surface area contributed by atoms with E-state index in [1.807, 2.05) is 53.8 Å². The van der Waals surface area contributed by atoms with Crippen LogP contribution in [0.5, 0.6) is 0 Å². The van der Waals surface area contributed by atoms with E-state index in [-0.39, 0.29) is 5.91 Å². The second kappa shape index (κ2) is 10.7. The number of benzene rings is 2. The lowest BCUT2D eigenvalue weighted by molar-refractivity contribution is 0.0760. The monoisotopic (exact) mass is 464 g/mol. The molecule has 1 N–H and O–H groups in total. The van der Waals surface area contributed by atoms with Crippen molar-refractivity contribution in [1.82, 2.24) is 14.9 Å². The molecule has 0 bridgehead atoms. The first-order valence-electron chi connectivity index (χ1n) is 12.5. The van der Waals surface area contributed by atoms with Crippen LogP contribution in [-0.4, -0.2) is 33.9 Å². The lowest BCUT2D eigenvalue weighted by Crippen LogP contribution is -2.32. The van der Waals surface area contributed by atoms with Crippen molar-refractivity contribution in [3.63, 3.8) is 0 Å². The Balaban J connectivity index is 1.23. The van der Waals surface area contributed by atoms with Gasteiger partial charge in [0, 0.05) is 61.1 Å². The van der Waals surface area contributed by atoms with Crippen LogP contribution in [-0.2, 0) is 13.0 Å². The molecule has 0 aliphatic carbocycles. The predicted molar refractivity (Wildman–Crippen MR) is 141 cm³/mol. The van der Waals surface area contributed by atoms with Gasteiger partial charge in [-0.1, -0.05) is 30.3 Å². The minimum absolute atomic E-state index is 0.129. The van der Waals surface area contributed by atoms with Gasteiger partial charge in [0.1, 0.15) is 0 Å². The van der Waals surface area contributed by atoms with Crippen molar-refractivity contribution in [1.29, 1.82) is 0 Å². The van der Waals surface area contributed by atoms with Crippen LogP contribution < -0.4 is 5.32 Å². The number of hydrogen-bond acceptors (Lipinski definition) is 4. The van der Waals surface area contributed by atoms with E-state index in [1.54, 1.807) is 6.20 Å². The van der Waals surface area contributed by atoms with Gasteiger partial charge in [0.2, 0.25) is 0 Å². The van der Waals surface area contributed by atoms with Gasteiger partial charge in [-0.2, -0.15) is 0 Å². The molecule has 1 aliphatic heterocycles. The topological polar surface area (TPSA) is 58.1 Å². The second-order valence-corrected chi connectivity index (χ2v) is 9.55. The van der Waals surface area contributed by atoms with Gasteiger partial charge in [-0.25, -0.2) is 0 Å². The summed E-state index contributed by atoms with van der Waals surface area (Å²) in [6.07, 6.45) is 11.7. The Bertz CT molecular complexity index is 1300. The molecule has 0 radical (unpaired) electrons. The first-order chi connectivity index (χ1) is 17.2. The van der Waals surface area contributed by atoms with Crippen LogP contribution in [0.1, 0.15) is 46.3 Å². The third-order valence-electron chi connectivity index (χ3n) is 7.11. The summed E-state index contributed by atoms with van der Waals surface area (Å²) in [6, 6.07) is 18.6. The third-order valence-corrected chi connectivity index (χ3v) is 7.11. The number of carbonyl (C=O) groups is 1. The first-order valence-corrected chi connectivity index (χ1v) is 12.5. The summed E-state index contributed by atoms with van der Waals surface area (Å²) in [4.78, 5) is 24.0. The van der Waals surface area contributed by atoms with Gasteiger partial charge in [0.05, 0.1) is 0 Å². The number of carbonyl (C=O) groups excluding carboxylic acids is 1. The fourth-order valence-corrected chi connectivity index (χ4v) is 5.07. The Morgan fingerprint density at radius 3 is 2.80 bits per heavy atom. The lowest BCUT2D eigenvalue weighted by Gasteiger charge is -2.22. The summed E-state index contributed by atoms with van der Waals surface area (Å²) in [6.45, 7) is 4.37. The zero-order chi connectivity index (χ0) is 24.0. The summed E-state index contributed by atoms with van der Waals surface area (Å²) < 4.78 is 0. The highest BCUT2D eigenvalue weighted by atomic mass is 16.2. The summed E-state index contributed by atoms with van der Waals surface area (Å²) in [5.74, 6) is 0.706. The number of amides is 1. The summed E-state index contributed by atoms with van der Waals surface area (Å²) in [5.41, 5.74) is 5.36. The number of pyridine rings is 2. The van der Waals surface area contributed by atoms with Crippen molar-refractivity contribution >= 4 is 22.4 Å². The Hall–Kier alpha value is -3.73. The number of hydrogen-bond donors (Lipinski definition) is 1. The van der Waals surface area contributed by atoms with Crippen LogP contribution >= 0.6 is 0 Å². The Labute approximate surface area is 207 Å². The maximum Gasteiger partial charge on any atom is 0.253 e. The van der Waals surface area contributed by atoms with E-state index in [9.17, 15) is 4.79 Å². The lowest BCUT2D eigenvalue weighted by atomic mass is 9.91. The molecule has 2 aromatic heterocycles. The van der Waals surface area contributed by atoms with Crippen LogP contribution in [0, 0.1) is 12.8 Å². The molecule has 1 amide bonds. The van der Waals surface area contributed by atoms with Crippen molar-refractivity contribution in [3.8, 4) is 0 Å². The molecular formula is C30H32N4O. The largest absolute Gasteiger partial charge is 0.381 e. The van der Waals surface area contributed by atoms with Crippen molar-refractivity contribution in [3.05, 3.63) is 102 Å². The molecule has 5 heteroatoms. The Kier molecular flexibility index (Phi) is 7.03. The van der Waals surface area contributed by atoms with Gasteiger partial charge in [-0.05, 0) is 84.9 Å². The normalized spacial score (nSPS) is 16.1. The van der Waals surface area contributed by atoms with Crippen molar-refractivity contribution in [2.75, 3.05) is 18.4 Å². The number of anilines is 1. The molecule has 4 aromatic rings. The number of aryl methyl sites for hydroxylation is 1. The zero-order valence-corrected chi connectivity index (χ0v) is 20.3. The molecule has 5 nitrogen and oxygen atoms in total. The summed E-state index contributed by atoms with van der Waals surface area (Å²) in [7, 11) is 0. The molecule has 35 heavy (non-hydrogen) atoms. The van der Waals surface area contributed by atoms with E-state index < -0.39 is 0 Å². The molecule has 1 unspecified atom stereocenters. The number of rotatable bonds is 6. The number of aromatic nitrogens is 2. The van der Waals surface area contributed by atoms with Crippen molar-refractivity contribution in [2.45, 2.75) is 39.2 Å². The van der Waals surface area contributed by atoms with E-state index >= 15 is 0 Å². The molecule has 0 spiro atoms. The molecule has 0 saturated carbocycles. The molecule has 1 atom stereocenters. The predicted octanol–water partition coefficient (Wildman–Crippen LogP) is 6.04. The highest BCUT2D eigenvalue weighted by molar-refractivity contribution is 5.95. The quantitative estimate of drug-likeness (QED) is 0.378. The smallest absolute Gasteiger partial charge is 0.253 e. The summed E-state index contributed by atoms with van der Waals surface area (Å²) >= 11 is 0. The van der Waals surface area contributed by atoms with E-state index in [2.05, 4.69) is 46.5 Å². The van der Waals surface area contributed by atoms with Crippen LogP contribution in [0.3, 0.4) is 0 Å². The van der Waals surface area contributed by atoms with Crippen LogP contribution in [0.4, 0.5) is 5.69 Å². The number of fused-ring (bicyclic) bond motifs is 1. The standard InChI is InChI=1S/C30H32N4O/c1-22-9-10-27(18-29(22)33-20-24-5-3-13-31-19-24)30(35)34-15-4-6-23(12-16-34)17-26-8-2-7-25-11-14-32-21-28(25)26/h2-3,5,7-11,13-14,18-19,21,23,33H,4,6,12,15-17,20H2,1H3. The fourth-order valence-electron chi connectivity index (χ4n) is 5.07. The van der Waals surface area contributed by atoms with Gasteiger partial charge in [0.25, 0.3) is 5.91 Å². The first kappa shape index (κ1) is 23.0. The minimum Gasteiger partial charge on any atom is -0.381 e. The average molecular weight is 465 g/mol. The third kappa shape index (κ3) is 5.51. The number of nitrogens with one attached hydrogen (secondary N) is 1. The SMILES string of the molecule is Cc1ccc(C(=O)N2CCCC(Cc3cccc4ccncc34)CC2)cc1NCc1cccnc1. The second-order valence-electron chi connectivity index (χ2n) is 9.55. The number of nitrogens with zero attached hydrogens (tertiary/aromatic N) is 3. The average Bonchev–Trinajstić information content (AvgIpc) is 3.14. The minimum atomic E-state index is 0.129. The molecule has 2 aromatic carbocycles. The molecular weight excluding hydrogens is 432 g/mol. The molecule has 1 saturated heterocycles. The molecule has 5 rings (SSSR count). The highest BCUT2D eigenvalue weighted by Crippen LogP contribution is 2.27. The van der Waals surface area contributed by atoms with Crippen LogP contribution in [0.2, 0.25) is 0 Å². The van der Waals surface area contributed by atoms with Crippen molar-refractivity contribution < 1.29 is 4.79 Å². The Morgan fingerprint density at radius 1 is 1.00 bits per heavy atom. The van der Waals surface area contributed by atoms with E-state index in [0.717, 1.165) is 61.2 Å². The maximum atomic E-state index is 13.4. The van der Waals surface area contributed by atoms with Crippen LogP contribution in [0.25, 0.3) is 10.8 Å². The van der Waals surface area contributed by atoms with E-state index in [4.69, 9.17) is 0 Å². The van der Waals surface area contributed by atoms with E-state index in [0.29, 0.717) is 12.5 Å². The summed E-state index contributed by atoms with van der Waals surface area (Å²) in [5, 5.41) is 5.97. The van der Waals surface area contributed by atoms with Gasteiger partial charge in [-0.3, -0.25) is 14.8 Å². The van der Waals surface area contributed by atoms with E-state index in [1.165, 1.54) is 16.3 Å². The zero-order valence-electron chi connectivity index (χ0n) is 20.3. The van der Waals surface area contributed by atoms with Gasteiger partial charge < -0.3 is 10.2 Å². The Morgan fingerprint density at radius 2 is 1.91 bits per heavy atom. The van der Waals surface area contributed by atoms with Crippen molar-refractivity contribution in [2.24, 2.45) is 5.92 Å². The molecule has 3 heterocycles. The van der Waals surface area contributed by atoms with Gasteiger partial charge >= 0.3 is 0 Å². The molecule has 178 valence electrons. The highest BCUT2D eigenvalue weighted by Gasteiger charge is 2.22. The maximum absolute atomic E-state index is 13.4. The molecule has 1 fully saturated rings. The van der Waals surface area contributed by atoms with Gasteiger partial charge in [-0.15, -0.1) is 0 Å². The number of likely N-dealkylation sites (tertiary alicyclic amines) is 1. The van der Waals surface area contributed by atoms with Crippen LogP contribution in [0.15, 0.2) is 79.4 Å².